The number of rotatable bonds is 4. The third-order valence-electron chi connectivity index (χ3n) is 3.94. The van der Waals surface area contributed by atoms with Gasteiger partial charge >= 0.3 is 0 Å². The highest BCUT2D eigenvalue weighted by Crippen LogP contribution is 2.27. The van der Waals surface area contributed by atoms with Gasteiger partial charge in [0.15, 0.2) is 0 Å². The van der Waals surface area contributed by atoms with Crippen molar-refractivity contribution < 1.29 is 19.1 Å². The lowest BCUT2D eigenvalue weighted by Crippen LogP contribution is -2.27. The van der Waals surface area contributed by atoms with Gasteiger partial charge in [-0.2, -0.15) is 0 Å². The van der Waals surface area contributed by atoms with Crippen LogP contribution in [0.4, 0.5) is 11.4 Å². The SMILES string of the molecule is O=C(Nc1ccc(NC(=O)[C@H]2CCCO2)c(Cl)c1)[C@@H]1CCCO1. The Hall–Kier alpha value is -1.63. The Bertz CT molecular complexity index is 596. The van der Waals surface area contributed by atoms with Crippen LogP contribution in [-0.2, 0) is 19.1 Å². The smallest absolute Gasteiger partial charge is 0.253 e. The lowest BCUT2D eigenvalue weighted by molar-refractivity contribution is -0.125. The maximum Gasteiger partial charge on any atom is 0.253 e. The minimum absolute atomic E-state index is 0.172. The van der Waals surface area contributed by atoms with Crippen LogP contribution in [0.15, 0.2) is 18.2 Å². The highest BCUT2D eigenvalue weighted by Gasteiger charge is 2.25. The molecule has 124 valence electrons. The van der Waals surface area contributed by atoms with E-state index in [2.05, 4.69) is 10.6 Å². The van der Waals surface area contributed by atoms with E-state index in [-0.39, 0.29) is 11.8 Å². The molecule has 7 heteroatoms. The van der Waals surface area contributed by atoms with Gasteiger partial charge in [-0.1, -0.05) is 11.6 Å². The molecule has 0 spiro atoms. The number of benzene rings is 1. The number of hydrogen-bond acceptors (Lipinski definition) is 4. The van der Waals surface area contributed by atoms with Crippen LogP contribution in [0, 0.1) is 0 Å². The largest absolute Gasteiger partial charge is 0.368 e. The lowest BCUT2D eigenvalue weighted by Gasteiger charge is -2.14. The predicted molar refractivity (Wildman–Crippen MR) is 86.7 cm³/mol. The molecule has 0 aliphatic carbocycles. The molecule has 2 fully saturated rings. The topological polar surface area (TPSA) is 76.7 Å². The van der Waals surface area contributed by atoms with Gasteiger partial charge < -0.3 is 20.1 Å². The number of anilines is 2. The summed E-state index contributed by atoms with van der Waals surface area (Å²) in [6.45, 7) is 1.23. The van der Waals surface area contributed by atoms with Crippen LogP contribution < -0.4 is 10.6 Å². The van der Waals surface area contributed by atoms with Crippen molar-refractivity contribution in [3.63, 3.8) is 0 Å². The van der Waals surface area contributed by atoms with Gasteiger partial charge in [0, 0.05) is 18.9 Å². The van der Waals surface area contributed by atoms with E-state index in [0.717, 1.165) is 25.7 Å². The maximum atomic E-state index is 12.0. The fourth-order valence-electron chi connectivity index (χ4n) is 2.70. The Morgan fingerprint density at radius 1 is 1.00 bits per heavy atom. The third-order valence-corrected chi connectivity index (χ3v) is 4.25. The molecule has 2 N–H and O–H groups in total. The monoisotopic (exact) mass is 338 g/mol. The van der Waals surface area contributed by atoms with E-state index in [1.54, 1.807) is 18.2 Å². The second-order valence-corrected chi connectivity index (χ2v) is 6.08. The van der Waals surface area contributed by atoms with Crippen LogP contribution in [0.3, 0.4) is 0 Å². The van der Waals surface area contributed by atoms with Crippen LogP contribution in [-0.4, -0.2) is 37.2 Å². The summed E-state index contributed by atoms with van der Waals surface area (Å²) in [4.78, 5) is 24.0. The third kappa shape index (κ3) is 4.02. The average Bonchev–Trinajstić information content (AvgIpc) is 3.23. The van der Waals surface area contributed by atoms with Crippen LogP contribution >= 0.6 is 11.6 Å². The van der Waals surface area contributed by atoms with Crippen molar-refractivity contribution in [2.24, 2.45) is 0 Å². The molecule has 1 aromatic rings. The molecule has 0 aromatic heterocycles. The molecule has 2 atom stereocenters. The van der Waals surface area contributed by atoms with Gasteiger partial charge in [-0.25, -0.2) is 0 Å². The molecule has 0 bridgehead atoms. The summed E-state index contributed by atoms with van der Waals surface area (Å²) in [6, 6.07) is 4.98. The van der Waals surface area contributed by atoms with E-state index >= 15 is 0 Å². The number of amides is 2. The fraction of sp³-hybridized carbons (Fsp3) is 0.500. The van der Waals surface area contributed by atoms with Crippen LogP contribution in [0.25, 0.3) is 0 Å². The van der Waals surface area contributed by atoms with Crippen molar-refractivity contribution in [3.8, 4) is 0 Å². The zero-order chi connectivity index (χ0) is 16.2. The first-order chi connectivity index (χ1) is 11.1. The summed E-state index contributed by atoms with van der Waals surface area (Å²) in [6.07, 6.45) is 2.43. The van der Waals surface area contributed by atoms with Crippen LogP contribution in [0.1, 0.15) is 25.7 Å². The Kier molecular flexibility index (Phi) is 5.15. The number of halogens is 1. The molecule has 0 radical (unpaired) electrons. The molecule has 1 aromatic carbocycles. The first-order valence-electron chi connectivity index (χ1n) is 7.78. The van der Waals surface area contributed by atoms with E-state index < -0.39 is 12.2 Å². The molecule has 2 aliphatic heterocycles. The first kappa shape index (κ1) is 16.2. The molecule has 0 saturated carbocycles. The Balaban J connectivity index is 1.60. The van der Waals surface area contributed by atoms with Gasteiger partial charge in [0.2, 0.25) is 0 Å². The minimum atomic E-state index is -0.412. The average molecular weight is 339 g/mol. The van der Waals surface area contributed by atoms with Crippen molar-refractivity contribution in [1.82, 2.24) is 0 Å². The second kappa shape index (κ2) is 7.29. The summed E-state index contributed by atoms with van der Waals surface area (Å²) in [5.41, 5.74) is 1.08. The number of carbonyl (C=O) groups excluding carboxylic acids is 2. The minimum Gasteiger partial charge on any atom is -0.368 e. The van der Waals surface area contributed by atoms with Crippen molar-refractivity contribution in [2.45, 2.75) is 37.9 Å². The standard InChI is InChI=1S/C16H19ClN2O4/c17-11-9-10(18-15(20)13-3-1-7-22-13)5-6-12(11)19-16(21)14-4-2-8-23-14/h5-6,9,13-14H,1-4,7-8H2,(H,18,20)(H,19,21)/t13-,14+/m0/s1. The fourth-order valence-corrected chi connectivity index (χ4v) is 2.93. The Labute approximate surface area is 139 Å². The van der Waals surface area contributed by atoms with Gasteiger partial charge in [0.05, 0.1) is 10.7 Å². The van der Waals surface area contributed by atoms with E-state index in [4.69, 9.17) is 21.1 Å². The molecule has 2 saturated heterocycles. The number of nitrogens with one attached hydrogen (secondary N) is 2. The number of ether oxygens (including phenoxy) is 2. The van der Waals surface area contributed by atoms with Crippen LogP contribution in [0.2, 0.25) is 5.02 Å². The van der Waals surface area contributed by atoms with Gasteiger partial charge in [-0.15, -0.1) is 0 Å². The molecular weight excluding hydrogens is 320 g/mol. The molecule has 2 aliphatic rings. The Morgan fingerprint density at radius 3 is 2.13 bits per heavy atom. The van der Waals surface area contributed by atoms with E-state index in [1.807, 2.05) is 0 Å². The number of carbonyl (C=O) groups is 2. The normalized spacial score (nSPS) is 23.7. The van der Waals surface area contributed by atoms with E-state index in [0.29, 0.717) is 29.6 Å². The number of hydrogen-bond donors (Lipinski definition) is 2. The highest BCUT2D eigenvalue weighted by atomic mass is 35.5. The van der Waals surface area contributed by atoms with Gasteiger partial charge in [-0.3, -0.25) is 9.59 Å². The molecular formula is C16H19ClN2O4. The van der Waals surface area contributed by atoms with Gasteiger partial charge in [-0.05, 0) is 43.9 Å². The van der Waals surface area contributed by atoms with Crippen molar-refractivity contribution >= 4 is 34.8 Å². The molecule has 0 unspecified atom stereocenters. The second-order valence-electron chi connectivity index (χ2n) is 5.68. The van der Waals surface area contributed by atoms with E-state index in [9.17, 15) is 9.59 Å². The summed E-state index contributed by atoms with van der Waals surface area (Å²) in [5, 5.41) is 5.89. The lowest BCUT2D eigenvalue weighted by atomic mass is 10.2. The maximum absolute atomic E-state index is 12.0. The van der Waals surface area contributed by atoms with Crippen molar-refractivity contribution in [1.29, 1.82) is 0 Å². The molecule has 2 amide bonds. The van der Waals surface area contributed by atoms with Crippen LogP contribution in [0.5, 0.6) is 0 Å². The molecule has 23 heavy (non-hydrogen) atoms. The summed E-state index contributed by atoms with van der Waals surface area (Å²) in [5.74, 6) is -0.366. The van der Waals surface area contributed by atoms with Crippen molar-refractivity contribution in [3.05, 3.63) is 23.2 Å². The zero-order valence-electron chi connectivity index (χ0n) is 12.6. The van der Waals surface area contributed by atoms with Crippen molar-refractivity contribution in [2.75, 3.05) is 23.8 Å². The van der Waals surface area contributed by atoms with Gasteiger partial charge in [0.1, 0.15) is 12.2 Å². The van der Waals surface area contributed by atoms with E-state index in [1.165, 1.54) is 0 Å². The molecule has 2 heterocycles. The quantitative estimate of drug-likeness (QED) is 0.884. The summed E-state index contributed by atoms with van der Waals surface area (Å²) < 4.78 is 10.7. The first-order valence-corrected chi connectivity index (χ1v) is 8.16. The Morgan fingerprint density at radius 2 is 1.61 bits per heavy atom. The molecule has 6 nitrogen and oxygen atoms in total. The summed E-state index contributed by atoms with van der Waals surface area (Å²) >= 11 is 6.19. The summed E-state index contributed by atoms with van der Waals surface area (Å²) in [7, 11) is 0. The molecule has 3 rings (SSSR count). The predicted octanol–water partition coefficient (Wildman–Crippen LogP) is 2.58. The zero-order valence-corrected chi connectivity index (χ0v) is 13.4. The highest BCUT2D eigenvalue weighted by molar-refractivity contribution is 6.34. The van der Waals surface area contributed by atoms with Gasteiger partial charge in [0.25, 0.3) is 11.8 Å².